The van der Waals surface area contributed by atoms with Crippen LogP contribution in [0.25, 0.3) is 21.5 Å². The van der Waals surface area contributed by atoms with Crippen molar-refractivity contribution < 1.29 is 19.8 Å². The number of carboxylic acids is 2. The minimum Gasteiger partial charge on any atom is -0.478 e. The fraction of sp³-hybridized carbons (Fsp3) is 0.600. The summed E-state index contributed by atoms with van der Waals surface area (Å²) in [6, 6.07) is 16.8. The predicted molar refractivity (Wildman–Crippen MR) is 189 cm³/mol. The minimum atomic E-state index is -1.06. The SMILES string of the molecule is C1CCC(NC2CCCCC2)CC1.C1CCC(NC2CCCCC2)CC1.O=C(O)c1c2ccccc2c(C(=O)O)c2ccccc12. The van der Waals surface area contributed by atoms with Crippen LogP contribution in [0.1, 0.15) is 149 Å². The van der Waals surface area contributed by atoms with Crippen LogP contribution in [-0.4, -0.2) is 46.3 Å². The Bertz CT molecular complexity index is 1200. The summed E-state index contributed by atoms with van der Waals surface area (Å²) in [5.41, 5.74) is 0.280. The predicted octanol–water partition coefficient (Wildman–Crippen LogP) is 9.87. The normalized spacial score (nSPS) is 20.3. The zero-order valence-electron chi connectivity index (χ0n) is 27.8. The van der Waals surface area contributed by atoms with Gasteiger partial charge < -0.3 is 20.8 Å². The van der Waals surface area contributed by atoms with E-state index in [0.29, 0.717) is 21.5 Å². The quantitative estimate of drug-likeness (QED) is 0.203. The highest BCUT2D eigenvalue weighted by atomic mass is 16.4. The van der Waals surface area contributed by atoms with Crippen molar-refractivity contribution in [3.63, 3.8) is 0 Å². The summed E-state index contributed by atoms with van der Waals surface area (Å²) >= 11 is 0. The lowest BCUT2D eigenvalue weighted by Crippen LogP contribution is -2.40. The molecule has 250 valence electrons. The number of carbonyl (C=O) groups is 2. The zero-order valence-corrected chi connectivity index (χ0v) is 27.8. The summed E-state index contributed by atoms with van der Waals surface area (Å²) in [7, 11) is 0. The van der Waals surface area contributed by atoms with Crippen molar-refractivity contribution in [2.45, 2.75) is 153 Å². The molecule has 0 bridgehead atoms. The fourth-order valence-corrected chi connectivity index (χ4v) is 8.33. The van der Waals surface area contributed by atoms with Crippen LogP contribution >= 0.6 is 0 Å². The molecule has 4 saturated carbocycles. The zero-order chi connectivity index (χ0) is 32.1. The highest BCUT2D eigenvalue weighted by molar-refractivity contribution is 6.23. The second-order valence-electron chi connectivity index (χ2n) is 14.1. The molecule has 4 N–H and O–H groups in total. The van der Waals surface area contributed by atoms with Crippen molar-refractivity contribution in [1.29, 1.82) is 0 Å². The van der Waals surface area contributed by atoms with Crippen molar-refractivity contribution in [2.24, 2.45) is 0 Å². The van der Waals surface area contributed by atoms with Gasteiger partial charge in [0.15, 0.2) is 0 Å². The van der Waals surface area contributed by atoms with E-state index in [0.717, 1.165) is 24.2 Å². The number of fused-ring (bicyclic) bond motifs is 2. The maximum atomic E-state index is 11.6. The van der Waals surface area contributed by atoms with Gasteiger partial charge in [-0.1, -0.05) is 126 Å². The summed E-state index contributed by atoms with van der Waals surface area (Å²) < 4.78 is 0. The molecular weight excluding hydrogens is 572 g/mol. The lowest BCUT2D eigenvalue weighted by Gasteiger charge is -2.30. The van der Waals surface area contributed by atoms with Crippen molar-refractivity contribution in [3.05, 3.63) is 59.7 Å². The van der Waals surface area contributed by atoms with Crippen LogP contribution in [0.15, 0.2) is 48.5 Å². The fourth-order valence-electron chi connectivity index (χ4n) is 8.33. The van der Waals surface area contributed by atoms with Crippen LogP contribution < -0.4 is 10.6 Å². The lowest BCUT2D eigenvalue weighted by molar-refractivity contribution is 0.0687. The van der Waals surface area contributed by atoms with E-state index in [4.69, 9.17) is 0 Å². The Hall–Kier alpha value is -2.96. The highest BCUT2D eigenvalue weighted by Crippen LogP contribution is 2.33. The second kappa shape index (κ2) is 17.8. The molecule has 0 aromatic heterocycles. The molecule has 0 spiro atoms. The van der Waals surface area contributed by atoms with Gasteiger partial charge in [0.1, 0.15) is 0 Å². The standard InChI is InChI=1S/C16H10O4.2C12H23N/c17-15(18)13-9-5-1-2-6-10(9)14(16(19)20)12-8-4-3-7-11(12)13;2*1-3-7-11(8-4-1)13-12-9-5-2-6-10-12/h1-8H,(H,17,18)(H,19,20);2*11-13H,1-10H2. The number of aromatic carboxylic acids is 2. The third kappa shape index (κ3) is 9.54. The molecule has 0 saturated heterocycles. The van der Waals surface area contributed by atoms with E-state index in [9.17, 15) is 19.8 Å². The van der Waals surface area contributed by atoms with Crippen LogP contribution in [0, 0.1) is 0 Å². The molecule has 46 heavy (non-hydrogen) atoms. The van der Waals surface area contributed by atoms with Crippen molar-refractivity contribution in [3.8, 4) is 0 Å². The molecule has 0 radical (unpaired) electrons. The van der Waals surface area contributed by atoms with E-state index in [1.807, 2.05) is 0 Å². The molecule has 4 fully saturated rings. The first-order valence-electron chi connectivity index (χ1n) is 18.4. The molecule has 0 atom stereocenters. The molecular formula is C40H56N2O4. The van der Waals surface area contributed by atoms with Crippen molar-refractivity contribution in [2.75, 3.05) is 0 Å². The molecule has 0 unspecified atom stereocenters. The van der Waals surface area contributed by atoms with Gasteiger partial charge in [-0.25, -0.2) is 9.59 Å². The molecule has 0 aliphatic heterocycles. The molecule has 4 aliphatic rings. The Labute approximate surface area is 275 Å². The Kier molecular flexibility index (Phi) is 13.3. The van der Waals surface area contributed by atoms with Crippen LogP contribution in [0.4, 0.5) is 0 Å². The van der Waals surface area contributed by atoms with Gasteiger partial charge in [-0.3, -0.25) is 0 Å². The van der Waals surface area contributed by atoms with Crippen LogP contribution in [0.5, 0.6) is 0 Å². The summed E-state index contributed by atoms with van der Waals surface area (Å²) in [5, 5.41) is 28.4. The van der Waals surface area contributed by atoms with E-state index < -0.39 is 11.9 Å². The summed E-state index contributed by atoms with van der Waals surface area (Å²) in [6.45, 7) is 0. The maximum absolute atomic E-state index is 11.6. The molecule has 6 heteroatoms. The summed E-state index contributed by atoms with van der Waals surface area (Å²) in [5.74, 6) is -2.12. The number of carboxylic acid groups (broad SMARTS) is 2. The molecule has 4 aliphatic carbocycles. The molecule has 6 nitrogen and oxygen atoms in total. The third-order valence-electron chi connectivity index (χ3n) is 10.7. The van der Waals surface area contributed by atoms with Crippen LogP contribution in [-0.2, 0) is 0 Å². The largest absolute Gasteiger partial charge is 0.478 e. The Morgan fingerprint density at radius 2 is 0.630 bits per heavy atom. The van der Waals surface area contributed by atoms with E-state index in [-0.39, 0.29) is 11.1 Å². The first kappa shape index (κ1) is 34.4. The number of hydrogen-bond donors (Lipinski definition) is 4. The monoisotopic (exact) mass is 628 g/mol. The van der Waals surface area contributed by atoms with Crippen LogP contribution in [0.3, 0.4) is 0 Å². The minimum absolute atomic E-state index is 0.140. The van der Waals surface area contributed by atoms with Gasteiger partial charge in [0.05, 0.1) is 11.1 Å². The first-order chi connectivity index (χ1) is 22.5. The molecule has 0 heterocycles. The molecule has 3 aromatic carbocycles. The van der Waals surface area contributed by atoms with Gasteiger partial charge in [-0.2, -0.15) is 0 Å². The van der Waals surface area contributed by atoms with E-state index in [1.165, 1.54) is 128 Å². The Morgan fingerprint density at radius 3 is 0.826 bits per heavy atom. The van der Waals surface area contributed by atoms with E-state index in [2.05, 4.69) is 10.6 Å². The third-order valence-corrected chi connectivity index (χ3v) is 10.7. The summed E-state index contributed by atoms with van der Waals surface area (Å²) in [4.78, 5) is 23.1. The summed E-state index contributed by atoms with van der Waals surface area (Å²) in [6.07, 6.45) is 29.1. The number of nitrogens with one attached hydrogen (secondary N) is 2. The second-order valence-corrected chi connectivity index (χ2v) is 14.1. The van der Waals surface area contributed by atoms with Gasteiger partial charge in [-0.15, -0.1) is 0 Å². The van der Waals surface area contributed by atoms with Crippen molar-refractivity contribution >= 4 is 33.5 Å². The number of hydrogen-bond acceptors (Lipinski definition) is 4. The van der Waals surface area contributed by atoms with E-state index >= 15 is 0 Å². The lowest BCUT2D eigenvalue weighted by atomic mass is 9.91. The molecule has 7 rings (SSSR count). The van der Waals surface area contributed by atoms with Gasteiger partial charge in [-0.05, 0) is 72.9 Å². The number of rotatable bonds is 6. The maximum Gasteiger partial charge on any atom is 0.336 e. The average Bonchev–Trinajstić information content (AvgIpc) is 3.09. The van der Waals surface area contributed by atoms with Gasteiger partial charge in [0, 0.05) is 24.2 Å². The Morgan fingerprint density at radius 1 is 0.413 bits per heavy atom. The molecule has 3 aromatic rings. The topological polar surface area (TPSA) is 98.7 Å². The van der Waals surface area contributed by atoms with Gasteiger partial charge in [0.25, 0.3) is 0 Å². The highest BCUT2D eigenvalue weighted by Gasteiger charge is 2.22. The van der Waals surface area contributed by atoms with E-state index in [1.54, 1.807) is 48.5 Å². The van der Waals surface area contributed by atoms with Crippen LogP contribution in [0.2, 0.25) is 0 Å². The average molecular weight is 629 g/mol. The number of benzene rings is 3. The van der Waals surface area contributed by atoms with Gasteiger partial charge >= 0.3 is 11.9 Å². The van der Waals surface area contributed by atoms with Crippen molar-refractivity contribution in [1.82, 2.24) is 10.6 Å². The molecule has 0 amide bonds. The Balaban J connectivity index is 0.000000141. The smallest absolute Gasteiger partial charge is 0.336 e. The van der Waals surface area contributed by atoms with Gasteiger partial charge in [0.2, 0.25) is 0 Å². The first-order valence-corrected chi connectivity index (χ1v) is 18.4.